The van der Waals surface area contributed by atoms with E-state index in [2.05, 4.69) is 0 Å². The van der Waals surface area contributed by atoms with E-state index in [1.807, 2.05) is 43.0 Å². The van der Waals surface area contributed by atoms with E-state index in [-0.39, 0.29) is 22.8 Å². The van der Waals surface area contributed by atoms with Crippen molar-refractivity contribution in [2.24, 2.45) is 0 Å². The van der Waals surface area contributed by atoms with Crippen LogP contribution in [0.5, 0.6) is 0 Å². The van der Waals surface area contributed by atoms with Crippen molar-refractivity contribution in [3.05, 3.63) is 64.7 Å². The summed E-state index contributed by atoms with van der Waals surface area (Å²) in [5, 5.41) is 9.19. The lowest BCUT2D eigenvalue weighted by Crippen LogP contribution is -2.49. The number of rotatable bonds is 5. The number of Topliss-reactive ketones (excluding diaryl/α,β-unsaturated/α-hetero) is 1. The Morgan fingerprint density at radius 3 is 2.43 bits per heavy atom. The van der Waals surface area contributed by atoms with Crippen LogP contribution in [-0.4, -0.2) is 56.1 Å². The first-order chi connectivity index (χ1) is 13.3. The monoisotopic (exact) mass is 397 g/mol. The smallest absolute Gasteiger partial charge is 0.244 e. The van der Waals surface area contributed by atoms with Crippen LogP contribution in [0.4, 0.5) is 0 Å². The Bertz CT molecular complexity index is 1030. The maximum absolute atomic E-state index is 12.9. The van der Waals surface area contributed by atoms with Crippen LogP contribution in [0.15, 0.2) is 47.4 Å². The average Bonchev–Trinajstić information content (AvgIpc) is 2.70. The molecule has 0 amide bonds. The fraction of sp³-hybridized carbons (Fsp3) is 0.333. The number of nitriles is 1. The third kappa shape index (κ3) is 4.14. The van der Waals surface area contributed by atoms with Crippen molar-refractivity contribution < 1.29 is 13.2 Å². The van der Waals surface area contributed by atoms with Gasteiger partial charge in [-0.15, -0.1) is 0 Å². The summed E-state index contributed by atoms with van der Waals surface area (Å²) in [4.78, 5) is 14.7. The quantitative estimate of drug-likeness (QED) is 0.724. The molecule has 0 atom stereocenters. The Hall–Kier alpha value is -2.53. The normalized spacial score (nSPS) is 15.9. The predicted molar refractivity (Wildman–Crippen MR) is 107 cm³/mol. The summed E-state index contributed by atoms with van der Waals surface area (Å²) in [6, 6.07) is 14.0. The highest BCUT2D eigenvalue weighted by Gasteiger charge is 2.30. The number of hydrogen-bond donors (Lipinski definition) is 0. The molecule has 2 aromatic carbocycles. The number of sulfonamides is 1. The largest absolute Gasteiger partial charge is 0.293 e. The first kappa shape index (κ1) is 20.2. The van der Waals surface area contributed by atoms with Crippen LogP contribution in [0.2, 0.25) is 0 Å². The van der Waals surface area contributed by atoms with Gasteiger partial charge in [-0.05, 0) is 37.6 Å². The van der Waals surface area contributed by atoms with Crippen LogP contribution in [0.25, 0.3) is 0 Å². The Kier molecular flexibility index (Phi) is 5.94. The lowest BCUT2D eigenvalue weighted by atomic mass is 10.0. The van der Waals surface area contributed by atoms with E-state index in [9.17, 15) is 18.5 Å². The standard InChI is InChI=1S/C21H23N3O3S/c1-16-7-8-17(2)19(13-16)20(25)15-23-9-11-24(12-10-23)28(26,27)21-6-4-3-5-18(21)14-22/h3-8,13H,9-12,15H2,1-2H3. The third-order valence-electron chi connectivity index (χ3n) is 5.02. The minimum absolute atomic E-state index is 0.0393. The second kappa shape index (κ2) is 8.23. The van der Waals surface area contributed by atoms with E-state index in [0.717, 1.165) is 16.7 Å². The summed E-state index contributed by atoms with van der Waals surface area (Å²) in [7, 11) is -3.72. The zero-order chi connectivity index (χ0) is 20.3. The van der Waals surface area contributed by atoms with E-state index in [1.165, 1.54) is 16.4 Å². The summed E-state index contributed by atoms with van der Waals surface area (Å²) >= 11 is 0. The summed E-state index contributed by atoms with van der Waals surface area (Å²) in [5.74, 6) is 0.0485. The molecule has 2 aromatic rings. The lowest BCUT2D eigenvalue weighted by molar-refractivity contribution is 0.0901. The first-order valence-electron chi connectivity index (χ1n) is 9.15. The van der Waals surface area contributed by atoms with Gasteiger partial charge in [0.15, 0.2) is 5.78 Å². The minimum atomic E-state index is -3.72. The summed E-state index contributed by atoms with van der Waals surface area (Å²) in [6.45, 7) is 5.69. The van der Waals surface area contributed by atoms with E-state index in [4.69, 9.17) is 0 Å². The number of carbonyl (C=O) groups is 1. The molecule has 0 aromatic heterocycles. The number of carbonyl (C=O) groups excluding carboxylic acids is 1. The van der Waals surface area contributed by atoms with Gasteiger partial charge in [-0.25, -0.2) is 8.42 Å². The number of hydrogen-bond acceptors (Lipinski definition) is 5. The lowest BCUT2D eigenvalue weighted by Gasteiger charge is -2.33. The highest BCUT2D eigenvalue weighted by molar-refractivity contribution is 7.89. The molecule has 0 radical (unpaired) electrons. The topological polar surface area (TPSA) is 81.5 Å². The number of ketones is 1. The Balaban J connectivity index is 1.67. The molecule has 28 heavy (non-hydrogen) atoms. The van der Waals surface area contributed by atoms with Crippen molar-refractivity contribution in [1.82, 2.24) is 9.21 Å². The molecule has 1 fully saturated rings. The van der Waals surface area contributed by atoms with Gasteiger partial charge in [0, 0.05) is 31.7 Å². The van der Waals surface area contributed by atoms with Crippen molar-refractivity contribution in [1.29, 1.82) is 5.26 Å². The van der Waals surface area contributed by atoms with E-state index < -0.39 is 10.0 Å². The molecule has 0 unspecified atom stereocenters. The molecular formula is C21H23N3O3S. The molecule has 0 spiro atoms. The first-order valence-corrected chi connectivity index (χ1v) is 10.6. The van der Waals surface area contributed by atoms with Crippen molar-refractivity contribution in [2.75, 3.05) is 32.7 Å². The van der Waals surface area contributed by atoms with E-state index in [0.29, 0.717) is 26.2 Å². The SMILES string of the molecule is Cc1ccc(C)c(C(=O)CN2CCN(S(=O)(=O)c3ccccc3C#N)CC2)c1. The van der Waals surface area contributed by atoms with Gasteiger partial charge in [0.05, 0.1) is 17.0 Å². The zero-order valence-corrected chi connectivity index (χ0v) is 16.9. The molecule has 1 aliphatic heterocycles. The summed E-state index contributed by atoms with van der Waals surface area (Å²) < 4.78 is 27.2. The summed E-state index contributed by atoms with van der Waals surface area (Å²) in [6.07, 6.45) is 0. The fourth-order valence-corrected chi connectivity index (χ4v) is 4.94. The third-order valence-corrected chi connectivity index (χ3v) is 6.97. The maximum atomic E-state index is 12.9. The van der Waals surface area contributed by atoms with Crippen molar-refractivity contribution in [3.8, 4) is 6.07 Å². The molecule has 146 valence electrons. The fourth-order valence-electron chi connectivity index (χ4n) is 3.38. The molecule has 0 bridgehead atoms. The Morgan fingerprint density at radius 2 is 1.75 bits per heavy atom. The molecule has 3 rings (SSSR count). The average molecular weight is 398 g/mol. The van der Waals surface area contributed by atoms with Crippen LogP contribution in [-0.2, 0) is 10.0 Å². The van der Waals surface area contributed by atoms with Crippen molar-refractivity contribution in [2.45, 2.75) is 18.7 Å². The van der Waals surface area contributed by atoms with Gasteiger partial charge >= 0.3 is 0 Å². The number of nitrogens with zero attached hydrogens (tertiary/aromatic N) is 3. The highest BCUT2D eigenvalue weighted by Crippen LogP contribution is 2.21. The Labute approximate surface area is 166 Å². The second-order valence-corrected chi connectivity index (χ2v) is 8.94. The molecule has 1 saturated heterocycles. The second-order valence-electron chi connectivity index (χ2n) is 7.03. The van der Waals surface area contributed by atoms with Crippen LogP contribution in [0.1, 0.15) is 27.0 Å². The molecule has 6 nitrogen and oxygen atoms in total. The van der Waals surface area contributed by atoms with Crippen molar-refractivity contribution >= 4 is 15.8 Å². The number of piperazine rings is 1. The van der Waals surface area contributed by atoms with Crippen molar-refractivity contribution in [3.63, 3.8) is 0 Å². The van der Waals surface area contributed by atoms with Gasteiger partial charge in [0.1, 0.15) is 6.07 Å². The highest BCUT2D eigenvalue weighted by atomic mass is 32.2. The van der Waals surface area contributed by atoms with Crippen LogP contribution >= 0.6 is 0 Å². The molecule has 7 heteroatoms. The number of aryl methyl sites for hydroxylation is 2. The van der Waals surface area contributed by atoms with E-state index >= 15 is 0 Å². The van der Waals surface area contributed by atoms with Gasteiger partial charge in [-0.1, -0.05) is 29.8 Å². The maximum Gasteiger partial charge on any atom is 0.244 e. The molecule has 0 saturated carbocycles. The van der Waals surface area contributed by atoms with Gasteiger partial charge in [0.2, 0.25) is 10.0 Å². The number of benzene rings is 2. The van der Waals surface area contributed by atoms with Crippen LogP contribution < -0.4 is 0 Å². The van der Waals surface area contributed by atoms with Crippen LogP contribution in [0.3, 0.4) is 0 Å². The van der Waals surface area contributed by atoms with E-state index in [1.54, 1.807) is 12.1 Å². The predicted octanol–water partition coefficient (Wildman–Crippen LogP) is 2.36. The summed E-state index contributed by atoms with van der Waals surface area (Å²) in [5.41, 5.74) is 2.86. The molecule has 1 heterocycles. The van der Waals surface area contributed by atoms with Gasteiger partial charge in [-0.2, -0.15) is 9.57 Å². The van der Waals surface area contributed by atoms with Gasteiger partial charge < -0.3 is 0 Å². The molecule has 0 aliphatic carbocycles. The molecule has 1 aliphatic rings. The molecule has 0 N–H and O–H groups in total. The van der Waals surface area contributed by atoms with Gasteiger partial charge in [-0.3, -0.25) is 9.69 Å². The zero-order valence-electron chi connectivity index (χ0n) is 16.1. The molecular weight excluding hydrogens is 374 g/mol. The van der Waals surface area contributed by atoms with Crippen LogP contribution in [0, 0.1) is 25.2 Å². The Morgan fingerprint density at radius 1 is 1.07 bits per heavy atom. The van der Waals surface area contributed by atoms with Gasteiger partial charge in [0.25, 0.3) is 0 Å². The minimum Gasteiger partial charge on any atom is -0.293 e.